The molecule has 4 rings (SSSR count). The number of hydrogen-bond acceptors (Lipinski definition) is 4. The van der Waals surface area contributed by atoms with Crippen LogP contribution in [0.5, 0.6) is 5.75 Å². The first-order chi connectivity index (χ1) is 16.7. The van der Waals surface area contributed by atoms with E-state index < -0.39 is 24.2 Å². The summed E-state index contributed by atoms with van der Waals surface area (Å²) in [5.41, 5.74) is 2.82. The Balaban J connectivity index is 1.78. The van der Waals surface area contributed by atoms with E-state index in [2.05, 4.69) is 5.32 Å². The lowest BCUT2D eigenvalue weighted by atomic mass is 9.80. The maximum Gasteiger partial charge on any atom is 0.341 e. The first kappa shape index (κ1) is 24.8. The van der Waals surface area contributed by atoms with Crippen LogP contribution in [0, 0.1) is 0 Å². The van der Waals surface area contributed by atoms with Gasteiger partial charge in [0.15, 0.2) is 6.61 Å². The Labute approximate surface area is 209 Å². The smallest absolute Gasteiger partial charge is 0.341 e. The van der Waals surface area contributed by atoms with Crippen molar-refractivity contribution < 1.29 is 24.2 Å². The van der Waals surface area contributed by atoms with Gasteiger partial charge >= 0.3 is 5.97 Å². The molecule has 1 saturated heterocycles. The minimum absolute atomic E-state index is 0.122. The SMILES string of the molecule is CC(=O)N[C@]1(C)C[C@@H](c2ccc(Cl)cc2)O[C@@H](c2cccc(-c3ccccc3)c2OCC(=O)O)C1. The fourth-order valence-electron chi connectivity index (χ4n) is 4.73. The molecule has 0 bridgehead atoms. The molecule has 0 saturated carbocycles. The van der Waals surface area contributed by atoms with Crippen LogP contribution in [0.4, 0.5) is 0 Å². The molecule has 1 aliphatic rings. The molecule has 1 heterocycles. The van der Waals surface area contributed by atoms with Gasteiger partial charge in [-0.25, -0.2) is 4.79 Å². The van der Waals surface area contributed by atoms with Crippen molar-refractivity contribution in [1.29, 1.82) is 0 Å². The van der Waals surface area contributed by atoms with Gasteiger partial charge in [0.25, 0.3) is 0 Å². The number of nitrogens with one attached hydrogen (secondary N) is 1. The quantitative estimate of drug-likeness (QED) is 0.424. The highest BCUT2D eigenvalue weighted by molar-refractivity contribution is 6.30. The molecule has 182 valence electrons. The van der Waals surface area contributed by atoms with Gasteiger partial charge in [-0.3, -0.25) is 4.79 Å². The molecular formula is C28H28ClNO5. The van der Waals surface area contributed by atoms with Crippen molar-refractivity contribution in [3.63, 3.8) is 0 Å². The molecule has 0 spiro atoms. The van der Waals surface area contributed by atoms with Crippen molar-refractivity contribution in [2.45, 2.75) is 44.4 Å². The topological polar surface area (TPSA) is 84.9 Å². The molecule has 0 aliphatic carbocycles. The molecule has 3 aromatic carbocycles. The predicted molar refractivity (Wildman–Crippen MR) is 134 cm³/mol. The summed E-state index contributed by atoms with van der Waals surface area (Å²) in [6, 6.07) is 22.9. The van der Waals surface area contributed by atoms with Crippen LogP contribution in [-0.2, 0) is 14.3 Å². The lowest BCUT2D eigenvalue weighted by Crippen LogP contribution is -2.50. The van der Waals surface area contributed by atoms with Crippen molar-refractivity contribution in [1.82, 2.24) is 5.32 Å². The van der Waals surface area contributed by atoms with Crippen LogP contribution in [0.15, 0.2) is 72.8 Å². The number of carboxylic acid groups (broad SMARTS) is 1. The molecule has 35 heavy (non-hydrogen) atoms. The Morgan fingerprint density at radius 2 is 1.71 bits per heavy atom. The number of carbonyl (C=O) groups is 2. The fourth-order valence-corrected chi connectivity index (χ4v) is 4.85. The van der Waals surface area contributed by atoms with Crippen LogP contribution in [-0.4, -0.2) is 29.1 Å². The lowest BCUT2D eigenvalue weighted by Gasteiger charge is -2.43. The third-order valence-corrected chi connectivity index (χ3v) is 6.39. The molecule has 0 radical (unpaired) electrons. The summed E-state index contributed by atoms with van der Waals surface area (Å²) in [5, 5.41) is 13.1. The van der Waals surface area contributed by atoms with Crippen LogP contribution in [0.3, 0.4) is 0 Å². The molecule has 6 nitrogen and oxygen atoms in total. The molecule has 0 aromatic heterocycles. The van der Waals surface area contributed by atoms with Gasteiger partial charge in [-0.15, -0.1) is 0 Å². The summed E-state index contributed by atoms with van der Waals surface area (Å²) in [4.78, 5) is 23.5. The van der Waals surface area contributed by atoms with Crippen molar-refractivity contribution >= 4 is 23.5 Å². The van der Waals surface area contributed by atoms with Crippen LogP contribution >= 0.6 is 11.6 Å². The van der Waals surface area contributed by atoms with Gasteiger partial charge in [0, 0.05) is 41.5 Å². The monoisotopic (exact) mass is 493 g/mol. The number of hydrogen-bond donors (Lipinski definition) is 2. The average Bonchev–Trinajstić information content (AvgIpc) is 2.82. The van der Waals surface area contributed by atoms with E-state index >= 15 is 0 Å². The first-order valence-electron chi connectivity index (χ1n) is 11.5. The second-order valence-electron chi connectivity index (χ2n) is 9.09. The number of aliphatic carboxylic acids is 1. The van der Waals surface area contributed by atoms with E-state index in [-0.39, 0.29) is 12.0 Å². The van der Waals surface area contributed by atoms with E-state index in [0.29, 0.717) is 23.6 Å². The second-order valence-corrected chi connectivity index (χ2v) is 9.52. The highest BCUT2D eigenvalue weighted by Crippen LogP contribution is 2.47. The maximum absolute atomic E-state index is 12.1. The number of benzene rings is 3. The summed E-state index contributed by atoms with van der Waals surface area (Å²) in [7, 11) is 0. The molecule has 7 heteroatoms. The van der Waals surface area contributed by atoms with Gasteiger partial charge in [-0.2, -0.15) is 0 Å². The Bertz CT molecular complexity index is 1200. The standard InChI is InChI=1S/C28H28ClNO5/c1-18(31)30-28(2)15-24(20-11-13-21(29)14-12-20)35-25(16-28)23-10-6-9-22(19-7-4-3-5-8-19)27(23)34-17-26(32)33/h3-14,24-25H,15-17H2,1-2H3,(H,30,31)(H,32,33)/t24-,25+,28+/m0/s1. The summed E-state index contributed by atoms with van der Waals surface area (Å²) >= 11 is 6.09. The number of carbonyl (C=O) groups excluding carboxylic acids is 1. The number of carboxylic acids is 1. The van der Waals surface area contributed by atoms with Crippen LogP contribution in [0.1, 0.15) is 50.0 Å². The number of para-hydroxylation sites is 1. The highest BCUT2D eigenvalue weighted by atomic mass is 35.5. The Kier molecular flexibility index (Phi) is 7.43. The first-order valence-corrected chi connectivity index (χ1v) is 11.8. The normalized spacial score (nSPS) is 21.8. The summed E-state index contributed by atoms with van der Waals surface area (Å²) < 4.78 is 12.5. The minimum Gasteiger partial charge on any atom is -0.481 e. The lowest BCUT2D eigenvalue weighted by molar-refractivity contribution is -0.139. The van der Waals surface area contributed by atoms with Crippen LogP contribution in [0.25, 0.3) is 11.1 Å². The van der Waals surface area contributed by atoms with Crippen LogP contribution < -0.4 is 10.1 Å². The maximum atomic E-state index is 12.1. The van der Waals surface area contributed by atoms with E-state index in [9.17, 15) is 14.7 Å². The van der Waals surface area contributed by atoms with E-state index in [4.69, 9.17) is 21.1 Å². The molecule has 0 unspecified atom stereocenters. The molecule has 1 fully saturated rings. The van der Waals surface area contributed by atoms with Gasteiger partial charge in [-0.1, -0.05) is 72.3 Å². The van der Waals surface area contributed by atoms with Crippen LogP contribution in [0.2, 0.25) is 5.02 Å². The zero-order valence-corrected chi connectivity index (χ0v) is 20.4. The largest absolute Gasteiger partial charge is 0.481 e. The molecule has 2 N–H and O–H groups in total. The average molecular weight is 494 g/mol. The van der Waals surface area contributed by atoms with Crippen molar-refractivity contribution in [3.8, 4) is 16.9 Å². The Morgan fingerprint density at radius 3 is 2.37 bits per heavy atom. The van der Waals surface area contributed by atoms with Gasteiger partial charge in [0.2, 0.25) is 5.91 Å². The zero-order valence-electron chi connectivity index (χ0n) is 19.7. The summed E-state index contributed by atoms with van der Waals surface area (Å²) in [6.45, 7) is 3.03. The Morgan fingerprint density at radius 1 is 1.03 bits per heavy atom. The fraction of sp³-hybridized carbons (Fsp3) is 0.286. The van der Waals surface area contributed by atoms with Gasteiger partial charge in [-0.05, 0) is 30.2 Å². The van der Waals surface area contributed by atoms with E-state index in [1.165, 1.54) is 6.92 Å². The second kappa shape index (κ2) is 10.5. The van der Waals surface area contributed by atoms with Crippen molar-refractivity contribution in [3.05, 3.63) is 88.9 Å². The Hall–Kier alpha value is -3.35. The third kappa shape index (κ3) is 6.02. The van der Waals surface area contributed by atoms with Gasteiger partial charge < -0.3 is 19.9 Å². The zero-order chi connectivity index (χ0) is 25.0. The van der Waals surface area contributed by atoms with Crippen molar-refractivity contribution in [2.24, 2.45) is 0 Å². The van der Waals surface area contributed by atoms with E-state index in [0.717, 1.165) is 22.3 Å². The molecule has 1 amide bonds. The highest BCUT2D eigenvalue weighted by Gasteiger charge is 2.41. The van der Waals surface area contributed by atoms with Gasteiger partial charge in [0.1, 0.15) is 5.75 Å². The van der Waals surface area contributed by atoms with Gasteiger partial charge in [0.05, 0.1) is 12.2 Å². The summed E-state index contributed by atoms with van der Waals surface area (Å²) in [6.07, 6.45) is 0.316. The molecule has 1 aliphatic heterocycles. The predicted octanol–water partition coefficient (Wildman–Crippen LogP) is 5.96. The molecule has 3 atom stereocenters. The molecule has 3 aromatic rings. The summed E-state index contributed by atoms with van der Waals surface area (Å²) in [5.74, 6) is -0.720. The minimum atomic E-state index is -1.06. The van der Waals surface area contributed by atoms with E-state index in [1.807, 2.05) is 79.7 Å². The number of halogens is 1. The number of amides is 1. The van der Waals surface area contributed by atoms with Crippen molar-refractivity contribution in [2.75, 3.05) is 6.61 Å². The van der Waals surface area contributed by atoms with E-state index in [1.54, 1.807) is 0 Å². The number of rotatable bonds is 7. The third-order valence-electron chi connectivity index (χ3n) is 6.14. The number of ether oxygens (including phenoxy) is 2. The molecular weight excluding hydrogens is 466 g/mol.